The molecule has 30 heavy (non-hydrogen) atoms. The van der Waals surface area contributed by atoms with Gasteiger partial charge >= 0.3 is 5.97 Å². The van der Waals surface area contributed by atoms with E-state index in [1.807, 2.05) is 0 Å². The lowest BCUT2D eigenvalue weighted by atomic mass is 9.87. The highest BCUT2D eigenvalue weighted by molar-refractivity contribution is 9.09. The average molecular weight is 490 g/mol. The molecule has 0 heterocycles. The molecule has 0 aliphatic heterocycles. The molecule has 4 nitrogen and oxygen atoms in total. The fraction of sp³-hybridized carbons (Fsp3) is 0.960. The molecule has 3 unspecified atom stereocenters. The van der Waals surface area contributed by atoms with Crippen LogP contribution in [0, 0.1) is 5.92 Å². The van der Waals surface area contributed by atoms with Crippen LogP contribution in [0.15, 0.2) is 0 Å². The van der Waals surface area contributed by atoms with E-state index in [0.29, 0.717) is 25.9 Å². The first kappa shape index (κ1) is 26.1. The molecule has 2 fully saturated rings. The number of unbranched alkanes of at least 4 members (excludes halogenated alkanes) is 7. The first-order valence-electron chi connectivity index (χ1n) is 12.7. The van der Waals surface area contributed by atoms with Gasteiger partial charge in [-0.1, -0.05) is 87.1 Å². The Morgan fingerprint density at radius 2 is 1.47 bits per heavy atom. The Morgan fingerprint density at radius 1 is 0.800 bits per heavy atom. The van der Waals surface area contributed by atoms with E-state index in [4.69, 9.17) is 14.2 Å². The second-order valence-corrected chi connectivity index (χ2v) is 10.4. The van der Waals surface area contributed by atoms with Crippen LogP contribution in [0.2, 0.25) is 0 Å². The van der Waals surface area contributed by atoms with Crippen molar-refractivity contribution in [1.82, 2.24) is 0 Å². The smallest absolute Gasteiger partial charge is 0.308 e. The quantitative estimate of drug-likeness (QED) is 0.142. The van der Waals surface area contributed by atoms with Gasteiger partial charge in [-0.15, -0.1) is 0 Å². The van der Waals surface area contributed by atoms with Crippen LogP contribution >= 0.6 is 15.9 Å². The minimum atomic E-state index is -0.0125. The van der Waals surface area contributed by atoms with Crippen LogP contribution in [0.4, 0.5) is 0 Å². The average Bonchev–Trinajstić information content (AvgIpc) is 2.77. The van der Waals surface area contributed by atoms with Crippen molar-refractivity contribution in [3.8, 4) is 0 Å². The maximum atomic E-state index is 12.4. The molecule has 0 aromatic carbocycles. The first-order chi connectivity index (χ1) is 14.7. The number of halogens is 1. The van der Waals surface area contributed by atoms with E-state index >= 15 is 0 Å². The predicted octanol–water partition coefficient (Wildman–Crippen LogP) is 6.97. The van der Waals surface area contributed by atoms with E-state index in [2.05, 4.69) is 22.9 Å². The van der Waals surface area contributed by atoms with Crippen molar-refractivity contribution in [2.75, 3.05) is 19.8 Å². The van der Waals surface area contributed by atoms with Gasteiger partial charge in [-0.25, -0.2) is 0 Å². The third-order valence-electron chi connectivity index (χ3n) is 6.61. The minimum Gasteiger partial charge on any atom is -0.465 e. The molecule has 0 N–H and O–H groups in total. The summed E-state index contributed by atoms with van der Waals surface area (Å²) in [5.74, 6) is 0.00300. The fourth-order valence-electron chi connectivity index (χ4n) is 4.66. The summed E-state index contributed by atoms with van der Waals surface area (Å²) in [5, 5.41) is 0. The molecule has 0 amide bonds. The molecular formula is C25H45BrO4. The van der Waals surface area contributed by atoms with E-state index in [1.165, 1.54) is 77.0 Å². The molecule has 0 saturated heterocycles. The molecule has 0 spiro atoms. The van der Waals surface area contributed by atoms with Crippen molar-refractivity contribution in [1.29, 1.82) is 0 Å². The molecule has 0 aromatic rings. The number of carbonyl (C=O) groups excluding carboxylic acids is 1. The van der Waals surface area contributed by atoms with Crippen molar-refractivity contribution in [3.05, 3.63) is 0 Å². The Kier molecular flexibility index (Phi) is 14.4. The fourth-order valence-corrected chi connectivity index (χ4v) is 5.53. The van der Waals surface area contributed by atoms with Gasteiger partial charge in [0.25, 0.3) is 0 Å². The highest BCUT2D eigenvalue weighted by Gasteiger charge is 2.33. The lowest BCUT2D eigenvalue weighted by Crippen LogP contribution is -2.36. The zero-order valence-electron chi connectivity index (χ0n) is 19.3. The maximum absolute atomic E-state index is 12.4. The van der Waals surface area contributed by atoms with E-state index in [-0.39, 0.29) is 22.8 Å². The van der Waals surface area contributed by atoms with Crippen molar-refractivity contribution in [2.24, 2.45) is 5.92 Å². The second-order valence-electron chi connectivity index (χ2n) is 9.21. The number of hydrogen-bond donors (Lipinski definition) is 0. The van der Waals surface area contributed by atoms with Crippen molar-refractivity contribution in [3.63, 3.8) is 0 Å². The minimum absolute atomic E-state index is 0.0125. The maximum Gasteiger partial charge on any atom is 0.308 e. The van der Waals surface area contributed by atoms with Gasteiger partial charge in [0.2, 0.25) is 0 Å². The van der Waals surface area contributed by atoms with Gasteiger partial charge in [-0.3, -0.25) is 4.79 Å². The van der Waals surface area contributed by atoms with Crippen LogP contribution in [0.5, 0.6) is 0 Å². The van der Waals surface area contributed by atoms with Crippen LogP contribution < -0.4 is 0 Å². The molecule has 2 aliphatic rings. The Balaban J connectivity index is 1.47. The number of hydrogen-bond acceptors (Lipinski definition) is 4. The molecule has 2 rings (SSSR count). The van der Waals surface area contributed by atoms with E-state index < -0.39 is 0 Å². The van der Waals surface area contributed by atoms with Crippen LogP contribution in [0.25, 0.3) is 0 Å². The highest BCUT2D eigenvalue weighted by Crippen LogP contribution is 2.32. The molecule has 0 radical (unpaired) electrons. The van der Waals surface area contributed by atoms with Crippen LogP contribution in [0.3, 0.4) is 0 Å². The van der Waals surface area contributed by atoms with Gasteiger partial charge < -0.3 is 14.2 Å². The first-order valence-corrected chi connectivity index (χ1v) is 13.7. The standard InChI is InChI=1S/C25H45BrO4/c1-2-3-4-5-6-7-8-12-17-30-25(27)21-15-16-24(23(26)20-21)29-19-18-28-22-13-10-9-11-14-22/h21-24H,2-20H2,1H3. The van der Waals surface area contributed by atoms with Gasteiger partial charge in [0.1, 0.15) is 0 Å². The Hall–Kier alpha value is -0.130. The molecule has 3 atom stereocenters. The van der Waals surface area contributed by atoms with E-state index in [0.717, 1.165) is 25.7 Å². The monoisotopic (exact) mass is 488 g/mol. The van der Waals surface area contributed by atoms with Gasteiger partial charge in [0.15, 0.2) is 0 Å². The topological polar surface area (TPSA) is 44.8 Å². The Morgan fingerprint density at radius 3 is 2.17 bits per heavy atom. The molecule has 2 aliphatic carbocycles. The summed E-state index contributed by atoms with van der Waals surface area (Å²) in [5.41, 5.74) is 0. The normalized spacial score (nSPS) is 25.3. The number of alkyl halides is 1. The number of esters is 1. The van der Waals surface area contributed by atoms with Crippen molar-refractivity contribution >= 4 is 21.9 Å². The summed E-state index contributed by atoms with van der Waals surface area (Å²) in [4.78, 5) is 12.6. The van der Waals surface area contributed by atoms with Gasteiger partial charge in [-0.2, -0.15) is 0 Å². The predicted molar refractivity (Wildman–Crippen MR) is 126 cm³/mol. The second kappa shape index (κ2) is 16.5. The SMILES string of the molecule is CCCCCCCCCCOC(=O)C1CCC(OCCOC2CCCCC2)C(Br)C1. The molecule has 0 aromatic heterocycles. The molecule has 176 valence electrons. The summed E-state index contributed by atoms with van der Waals surface area (Å²) in [6.07, 6.45) is 19.7. The Bertz CT molecular complexity index is 439. The highest BCUT2D eigenvalue weighted by atomic mass is 79.9. The molecule has 2 saturated carbocycles. The molecule has 5 heteroatoms. The van der Waals surface area contributed by atoms with Crippen LogP contribution in [0.1, 0.15) is 110 Å². The zero-order valence-corrected chi connectivity index (χ0v) is 20.8. The Labute approximate surface area is 193 Å². The van der Waals surface area contributed by atoms with Gasteiger partial charge in [-0.05, 0) is 38.5 Å². The van der Waals surface area contributed by atoms with Crippen LogP contribution in [-0.4, -0.2) is 42.8 Å². The third kappa shape index (κ3) is 10.9. The lowest BCUT2D eigenvalue weighted by molar-refractivity contribution is -0.150. The van der Waals surface area contributed by atoms with Gasteiger partial charge in [0, 0.05) is 4.83 Å². The van der Waals surface area contributed by atoms with Crippen molar-refractivity contribution < 1.29 is 19.0 Å². The molecular weight excluding hydrogens is 444 g/mol. The summed E-state index contributed by atoms with van der Waals surface area (Å²) in [6.45, 7) is 4.16. The number of rotatable bonds is 15. The zero-order chi connectivity index (χ0) is 21.4. The summed E-state index contributed by atoms with van der Waals surface area (Å²) in [6, 6.07) is 0. The molecule has 0 bridgehead atoms. The summed E-state index contributed by atoms with van der Waals surface area (Å²) in [7, 11) is 0. The summed E-state index contributed by atoms with van der Waals surface area (Å²) < 4.78 is 17.6. The third-order valence-corrected chi connectivity index (χ3v) is 7.57. The largest absolute Gasteiger partial charge is 0.465 e. The van der Waals surface area contributed by atoms with Crippen LogP contribution in [-0.2, 0) is 19.0 Å². The van der Waals surface area contributed by atoms with Gasteiger partial charge in [0.05, 0.1) is 37.9 Å². The van der Waals surface area contributed by atoms with Crippen molar-refractivity contribution in [2.45, 2.75) is 127 Å². The van der Waals surface area contributed by atoms with E-state index in [1.54, 1.807) is 0 Å². The number of carbonyl (C=O) groups is 1. The summed E-state index contributed by atoms with van der Waals surface area (Å²) >= 11 is 3.75. The number of ether oxygens (including phenoxy) is 3. The lowest BCUT2D eigenvalue weighted by Gasteiger charge is -2.32. The van der Waals surface area contributed by atoms with E-state index in [9.17, 15) is 4.79 Å².